The molecule has 1 aliphatic carbocycles. The lowest BCUT2D eigenvalue weighted by Gasteiger charge is -2.09. The van der Waals surface area contributed by atoms with Crippen LogP contribution in [0.4, 0.5) is 0 Å². The molecule has 0 saturated carbocycles. The summed E-state index contributed by atoms with van der Waals surface area (Å²) < 4.78 is 0. The summed E-state index contributed by atoms with van der Waals surface area (Å²) >= 11 is 0. The number of rotatable bonds is 2. The Morgan fingerprint density at radius 2 is 2.07 bits per heavy atom. The molecule has 80 valence electrons. The van der Waals surface area contributed by atoms with Crippen LogP contribution in [0.25, 0.3) is 0 Å². The molecule has 0 bridgehead atoms. The lowest BCUT2D eigenvalue weighted by molar-refractivity contribution is 0.505. The molecule has 0 aromatic rings. The molecule has 14 heavy (non-hydrogen) atoms. The Balaban J connectivity index is 0.000000364. The van der Waals surface area contributed by atoms with Crippen molar-refractivity contribution in [2.45, 2.75) is 19.8 Å². The van der Waals surface area contributed by atoms with Crippen molar-refractivity contribution < 1.29 is 0 Å². The normalized spacial score (nSPS) is 19.8. The molecular weight excluding hydrogens is 170 g/mol. The summed E-state index contributed by atoms with van der Waals surface area (Å²) in [5.74, 6) is 0.730. The van der Waals surface area contributed by atoms with Gasteiger partial charge >= 0.3 is 0 Å². The van der Waals surface area contributed by atoms with Crippen LogP contribution in [0.15, 0.2) is 36.5 Å². The molecule has 0 amide bonds. The molecule has 0 aliphatic heterocycles. The van der Waals surface area contributed by atoms with Crippen molar-refractivity contribution in [1.82, 2.24) is 4.90 Å². The van der Waals surface area contributed by atoms with Crippen molar-refractivity contribution in [3.05, 3.63) is 36.5 Å². The summed E-state index contributed by atoms with van der Waals surface area (Å²) in [6.07, 6.45) is 10.9. The molecule has 0 fully saturated rings. The van der Waals surface area contributed by atoms with E-state index in [1.165, 1.54) is 12.0 Å². The Labute approximate surface area is 88.8 Å². The van der Waals surface area contributed by atoms with Gasteiger partial charge in [0, 0.05) is 0 Å². The van der Waals surface area contributed by atoms with Crippen molar-refractivity contribution in [1.29, 1.82) is 0 Å². The summed E-state index contributed by atoms with van der Waals surface area (Å²) in [5, 5.41) is 0. The van der Waals surface area contributed by atoms with E-state index in [2.05, 4.69) is 31.7 Å². The van der Waals surface area contributed by atoms with Gasteiger partial charge in [-0.25, -0.2) is 0 Å². The summed E-state index contributed by atoms with van der Waals surface area (Å²) in [4.78, 5) is 2.00. The van der Waals surface area contributed by atoms with Gasteiger partial charge in [0.15, 0.2) is 0 Å². The van der Waals surface area contributed by atoms with E-state index >= 15 is 0 Å². The van der Waals surface area contributed by atoms with E-state index in [-0.39, 0.29) is 0 Å². The Kier molecular flexibility index (Phi) is 7.13. The van der Waals surface area contributed by atoms with Gasteiger partial charge in [0.1, 0.15) is 0 Å². The standard InChI is InChI=1S/C10H14.C3H9N/c1-3-4-10-7-5-9(2)6-8-10;1-4(2)3/h3,5,7-9H,1,4,6H2,2H3;1-3H3. The van der Waals surface area contributed by atoms with Crippen molar-refractivity contribution in [3.8, 4) is 0 Å². The van der Waals surface area contributed by atoms with E-state index in [1.54, 1.807) is 0 Å². The number of allylic oxidation sites excluding steroid dienone is 5. The maximum absolute atomic E-state index is 3.70. The first kappa shape index (κ1) is 13.2. The highest BCUT2D eigenvalue weighted by Crippen LogP contribution is 2.17. The Morgan fingerprint density at radius 1 is 1.50 bits per heavy atom. The van der Waals surface area contributed by atoms with Gasteiger partial charge in [-0.15, -0.1) is 6.58 Å². The summed E-state index contributed by atoms with van der Waals surface area (Å²) in [6, 6.07) is 0. The first-order chi connectivity index (χ1) is 6.56. The lowest BCUT2D eigenvalue weighted by Crippen LogP contribution is -1.99. The van der Waals surface area contributed by atoms with Gasteiger partial charge in [-0.2, -0.15) is 0 Å². The van der Waals surface area contributed by atoms with Crippen LogP contribution in [0.3, 0.4) is 0 Å². The molecule has 0 N–H and O–H groups in total. The molecule has 1 nitrogen and oxygen atoms in total. The van der Waals surface area contributed by atoms with E-state index < -0.39 is 0 Å². The fourth-order valence-electron chi connectivity index (χ4n) is 1.09. The molecule has 1 aliphatic rings. The van der Waals surface area contributed by atoms with Gasteiger partial charge in [0.05, 0.1) is 0 Å². The van der Waals surface area contributed by atoms with Crippen LogP contribution < -0.4 is 0 Å². The Morgan fingerprint density at radius 3 is 2.43 bits per heavy atom. The van der Waals surface area contributed by atoms with E-state index in [1.807, 2.05) is 32.1 Å². The maximum atomic E-state index is 3.70. The number of hydrogen-bond acceptors (Lipinski definition) is 1. The monoisotopic (exact) mass is 193 g/mol. The van der Waals surface area contributed by atoms with E-state index in [0.717, 1.165) is 12.3 Å². The molecule has 0 radical (unpaired) electrons. The average molecular weight is 193 g/mol. The Bertz CT molecular complexity index is 209. The highest BCUT2D eigenvalue weighted by atomic mass is 15.0. The Hall–Kier alpha value is -0.820. The third-order valence-electron chi connectivity index (χ3n) is 1.77. The molecule has 0 aromatic heterocycles. The van der Waals surface area contributed by atoms with Crippen LogP contribution >= 0.6 is 0 Å². The predicted molar refractivity (Wildman–Crippen MR) is 65.4 cm³/mol. The first-order valence-electron chi connectivity index (χ1n) is 5.15. The molecule has 1 unspecified atom stereocenters. The van der Waals surface area contributed by atoms with Crippen LogP contribution in [0.1, 0.15) is 19.8 Å². The topological polar surface area (TPSA) is 3.24 Å². The second-order valence-electron chi connectivity index (χ2n) is 4.19. The predicted octanol–water partition coefficient (Wildman–Crippen LogP) is 3.26. The fraction of sp³-hybridized carbons (Fsp3) is 0.538. The van der Waals surface area contributed by atoms with Gasteiger partial charge in [0.2, 0.25) is 0 Å². The lowest BCUT2D eigenvalue weighted by atomic mass is 9.97. The summed E-state index contributed by atoms with van der Waals surface area (Å²) in [5.41, 5.74) is 1.41. The molecule has 0 aromatic carbocycles. The van der Waals surface area contributed by atoms with Gasteiger partial charge in [-0.05, 0) is 45.5 Å². The van der Waals surface area contributed by atoms with Gasteiger partial charge in [-0.1, -0.05) is 31.2 Å². The van der Waals surface area contributed by atoms with Crippen LogP contribution in [0, 0.1) is 5.92 Å². The number of hydrogen-bond donors (Lipinski definition) is 0. The largest absolute Gasteiger partial charge is 0.312 e. The molecule has 0 heterocycles. The van der Waals surface area contributed by atoms with Crippen LogP contribution in [0.5, 0.6) is 0 Å². The van der Waals surface area contributed by atoms with Crippen molar-refractivity contribution >= 4 is 0 Å². The van der Waals surface area contributed by atoms with Crippen molar-refractivity contribution in [2.75, 3.05) is 21.1 Å². The fourth-order valence-corrected chi connectivity index (χ4v) is 1.09. The first-order valence-corrected chi connectivity index (χ1v) is 5.15. The van der Waals surface area contributed by atoms with Gasteiger partial charge in [-0.3, -0.25) is 0 Å². The minimum Gasteiger partial charge on any atom is -0.312 e. The molecule has 0 saturated heterocycles. The molecular formula is C13H23N. The second-order valence-corrected chi connectivity index (χ2v) is 4.19. The summed E-state index contributed by atoms with van der Waals surface area (Å²) in [6.45, 7) is 5.93. The zero-order valence-corrected chi connectivity index (χ0v) is 9.96. The van der Waals surface area contributed by atoms with Crippen LogP contribution in [0.2, 0.25) is 0 Å². The summed E-state index contributed by atoms with van der Waals surface area (Å²) in [7, 11) is 6.00. The van der Waals surface area contributed by atoms with E-state index in [0.29, 0.717) is 0 Å². The second kappa shape index (κ2) is 7.57. The molecule has 1 rings (SSSR count). The molecule has 1 heteroatoms. The highest BCUT2D eigenvalue weighted by Gasteiger charge is 2.00. The zero-order chi connectivity index (χ0) is 11.0. The van der Waals surface area contributed by atoms with Gasteiger partial charge < -0.3 is 4.90 Å². The average Bonchev–Trinajstić information content (AvgIpc) is 2.08. The minimum absolute atomic E-state index is 0.730. The van der Waals surface area contributed by atoms with Gasteiger partial charge in [0.25, 0.3) is 0 Å². The van der Waals surface area contributed by atoms with Crippen molar-refractivity contribution in [3.63, 3.8) is 0 Å². The maximum Gasteiger partial charge on any atom is -0.0103 e. The smallest absolute Gasteiger partial charge is 0.0103 e. The van der Waals surface area contributed by atoms with Crippen LogP contribution in [-0.4, -0.2) is 26.0 Å². The highest BCUT2D eigenvalue weighted by molar-refractivity contribution is 5.25. The third-order valence-corrected chi connectivity index (χ3v) is 1.77. The quantitative estimate of drug-likeness (QED) is 0.608. The molecule has 0 spiro atoms. The van der Waals surface area contributed by atoms with E-state index in [9.17, 15) is 0 Å². The number of nitrogens with zero attached hydrogens (tertiary/aromatic N) is 1. The minimum atomic E-state index is 0.730. The van der Waals surface area contributed by atoms with E-state index in [4.69, 9.17) is 0 Å². The van der Waals surface area contributed by atoms with Crippen molar-refractivity contribution in [2.24, 2.45) is 5.92 Å². The van der Waals surface area contributed by atoms with Crippen LogP contribution in [-0.2, 0) is 0 Å². The zero-order valence-electron chi connectivity index (χ0n) is 9.96. The third kappa shape index (κ3) is 7.81. The SMILES string of the molecule is C=CCC1=CCC(C)C=C1.CN(C)C. The molecule has 1 atom stereocenters.